The lowest BCUT2D eigenvalue weighted by Gasteiger charge is -2.06. The quantitative estimate of drug-likeness (QED) is 0.894. The molecule has 1 aromatic heterocycles. The normalized spacial score (nSPS) is 10.2. The summed E-state index contributed by atoms with van der Waals surface area (Å²) >= 11 is 3.98. The van der Waals surface area contributed by atoms with Crippen LogP contribution in [0.15, 0.2) is 34.1 Å². The third-order valence-electron chi connectivity index (χ3n) is 2.30. The van der Waals surface area contributed by atoms with Crippen LogP contribution in [0.5, 0.6) is 0 Å². The van der Waals surface area contributed by atoms with Gasteiger partial charge in [-0.1, -0.05) is 6.07 Å². The largest absolute Gasteiger partial charge is 0.477 e. The van der Waals surface area contributed by atoms with Crippen LogP contribution in [-0.2, 0) is 0 Å². The number of aromatic carboxylic acids is 1. The average Bonchev–Trinajstić information content (AvgIpc) is 2.80. The van der Waals surface area contributed by atoms with Crippen molar-refractivity contribution in [3.63, 3.8) is 0 Å². The third kappa shape index (κ3) is 2.82. The molecule has 0 saturated carbocycles. The standard InChI is InChI=1S/C12H7BrFNO3S/c13-9-6(2-1-3-7(9)14)11(16)15-8-4-5-19-10(8)12(17)18/h1-5H,(H,15,16)(H,17,18). The first-order chi connectivity index (χ1) is 9.00. The van der Waals surface area contributed by atoms with E-state index < -0.39 is 17.7 Å². The van der Waals surface area contributed by atoms with Gasteiger partial charge in [0.15, 0.2) is 0 Å². The molecule has 0 saturated heterocycles. The van der Waals surface area contributed by atoms with Gasteiger partial charge in [-0.25, -0.2) is 9.18 Å². The highest BCUT2D eigenvalue weighted by Crippen LogP contribution is 2.25. The lowest BCUT2D eigenvalue weighted by molar-refractivity contribution is 0.0703. The molecule has 0 unspecified atom stereocenters. The number of carboxylic acid groups (broad SMARTS) is 1. The Morgan fingerprint density at radius 2 is 2.05 bits per heavy atom. The monoisotopic (exact) mass is 343 g/mol. The summed E-state index contributed by atoms with van der Waals surface area (Å²) in [5.41, 5.74) is 0.293. The van der Waals surface area contributed by atoms with Gasteiger partial charge in [-0.15, -0.1) is 11.3 Å². The Bertz CT molecular complexity index is 656. The van der Waals surface area contributed by atoms with Crippen molar-refractivity contribution in [2.75, 3.05) is 5.32 Å². The van der Waals surface area contributed by atoms with Gasteiger partial charge in [0.05, 0.1) is 15.7 Å². The molecule has 0 radical (unpaired) electrons. The number of amides is 1. The fourth-order valence-corrected chi connectivity index (χ4v) is 2.57. The fourth-order valence-electron chi connectivity index (χ4n) is 1.44. The van der Waals surface area contributed by atoms with E-state index in [1.165, 1.54) is 24.3 Å². The highest BCUT2D eigenvalue weighted by Gasteiger charge is 2.17. The van der Waals surface area contributed by atoms with E-state index in [2.05, 4.69) is 21.2 Å². The molecule has 98 valence electrons. The van der Waals surface area contributed by atoms with E-state index in [1.54, 1.807) is 5.38 Å². The maximum Gasteiger partial charge on any atom is 0.348 e. The van der Waals surface area contributed by atoms with Gasteiger partial charge in [0, 0.05) is 0 Å². The van der Waals surface area contributed by atoms with Gasteiger partial charge in [-0.2, -0.15) is 0 Å². The molecule has 2 rings (SSSR count). The van der Waals surface area contributed by atoms with Crippen LogP contribution in [0.25, 0.3) is 0 Å². The molecule has 19 heavy (non-hydrogen) atoms. The summed E-state index contributed by atoms with van der Waals surface area (Å²) in [5.74, 6) is -2.26. The molecule has 7 heteroatoms. The Morgan fingerprint density at radius 1 is 1.32 bits per heavy atom. The number of anilines is 1. The van der Waals surface area contributed by atoms with Gasteiger partial charge >= 0.3 is 5.97 Å². The van der Waals surface area contributed by atoms with Crippen molar-refractivity contribution in [1.29, 1.82) is 0 Å². The third-order valence-corrected chi connectivity index (χ3v) is 4.01. The van der Waals surface area contributed by atoms with Crippen molar-refractivity contribution >= 4 is 44.8 Å². The first kappa shape index (κ1) is 13.7. The van der Waals surface area contributed by atoms with Gasteiger partial charge in [0.1, 0.15) is 10.7 Å². The van der Waals surface area contributed by atoms with Crippen molar-refractivity contribution in [1.82, 2.24) is 0 Å². The molecule has 0 aliphatic heterocycles. The second-order valence-corrected chi connectivity index (χ2v) is 5.23. The molecule has 2 N–H and O–H groups in total. The maximum absolute atomic E-state index is 13.3. The van der Waals surface area contributed by atoms with Gasteiger partial charge in [-0.05, 0) is 39.5 Å². The lowest BCUT2D eigenvalue weighted by Crippen LogP contribution is -2.14. The minimum absolute atomic E-state index is 0.0286. The number of carbonyl (C=O) groups is 2. The molecule has 0 spiro atoms. The van der Waals surface area contributed by atoms with Crippen molar-refractivity contribution in [3.8, 4) is 0 Å². The highest BCUT2D eigenvalue weighted by atomic mass is 79.9. The van der Waals surface area contributed by atoms with Crippen LogP contribution in [0.1, 0.15) is 20.0 Å². The smallest absolute Gasteiger partial charge is 0.348 e. The van der Waals surface area contributed by atoms with Gasteiger partial charge in [0.25, 0.3) is 5.91 Å². The van der Waals surface area contributed by atoms with Crippen LogP contribution in [-0.4, -0.2) is 17.0 Å². The van der Waals surface area contributed by atoms with Crippen molar-refractivity contribution in [2.45, 2.75) is 0 Å². The molecule has 0 aliphatic rings. The maximum atomic E-state index is 13.3. The number of benzene rings is 1. The molecule has 0 fully saturated rings. The number of carbonyl (C=O) groups excluding carboxylic acids is 1. The number of hydrogen-bond acceptors (Lipinski definition) is 3. The fraction of sp³-hybridized carbons (Fsp3) is 0. The van der Waals surface area contributed by atoms with E-state index in [1.807, 2.05) is 0 Å². The average molecular weight is 344 g/mol. The van der Waals surface area contributed by atoms with Crippen LogP contribution in [0.2, 0.25) is 0 Å². The van der Waals surface area contributed by atoms with E-state index in [-0.39, 0.29) is 20.6 Å². The number of halogens is 2. The van der Waals surface area contributed by atoms with Crippen LogP contribution in [0, 0.1) is 5.82 Å². The molecule has 1 aromatic carbocycles. The second-order valence-electron chi connectivity index (χ2n) is 3.52. The first-order valence-electron chi connectivity index (χ1n) is 5.07. The molecule has 1 amide bonds. The molecule has 0 aliphatic carbocycles. The highest BCUT2D eigenvalue weighted by molar-refractivity contribution is 9.10. The second kappa shape index (κ2) is 5.50. The number of nitrogens with one attached hydrogen (secondary N) is 1. The Morgan fingerprint density at radius 3 is 2.74 bits per heavy atom. The summed E-state index contributed by atoms with van der Waals surface area (Å²) in [5, 5.41) is 12.9. The van der Waals surface area contributed by atoms with E-state index >= 15 is 0 Å². The lowest BCUT2D eigenvalue weighted by atomic mass is 10.2. The van der Waals surface area contributed by atoms with Crippen molar-refractivity contribution in [3.05, 3.63) is 50.4 Å². The first-order valence-corrected chi connectivity index (χ1v) is 6.74. The summed E-state index contributed by atoms with van der Waals surface area (Å²) in [6.45, 7) is 0. The van der Waals surface area contributed by atoms with E-state index in [0.29, 0.717) is 0 Å². The molecular formula is C12H7BrFNO3S. The zero-order valence-electron chi connectivity index (χ0n) is 9.31. The Kier molecular flexibility index (Phi) is 3.96. The Balaban J connectivity index is 2.29. The zero-order valence-corrected chi connectivity index (χ0v) is 11.7. The summed E-state index contributed by atoms with van der Waals surface area (Å²) in [6.07, 6.45) is 0. The van der Waals surface area contributed by atoms with Gasteiger partial charge in [-0.3, -0.25) is 4.79 Å². The molecule has 4 nitrogen and oxygen atoms in total. The predicted octanol–water partition coefficient (Wildman–Crippen LogP) is 3.60. The summed E-state index contributed by atoms with van der Waals surface area (Å²) in [7, 11) is 0. The van der Waals surface area contributed by atoms with E-state index in [9.17, 15) is 14.0 Å². The van der Waals surface area contributed by atoms with E-state index in [4.69, 9.17) is 5.11 Å². The van der Waals surface area contributed by atoms with Crippen LogP contribution >= 0.6 is 27.3 Å². The molecule has 0 atom stereocenters. The summed E-state index contributed by atoms with van der Waals surface area (Å²) in [4.78, 5) is 22.9. The zero-order chi connectivity index (χ0) is 14.0. The van der Waals surface area contributed by atoms with Crippen molar-refractivity contribution < 1.29 is 19.1 Å². The van der Waals surface area contributed by atoms with Crippen molar-refractivity contribution in [2.24, 2.45) is 0 Å². The molecule has 1 heterocycles. The minimum Gasteiger partial charge on any atom is -0.477 e. The van der Waals surface area contributed by atoms with Crippen LogP contribution in [0.4, 0.5) is 10.1 Å². The number of thiophene rings is 1. The number of hydrogen-bond donors (Lipinski definition) is 2. The number of rotatable bonds is 3. The predicted molar refractivity (Wildman–Crippen MR) is 73.3 cm³/mol. The minimum atomic E-state index is -1.12. The Hall–Kier alpha value is -1.73. The van der Waals surface area contributed by atoms with Crippen LogP contribution in [0.3, 0.4) is 0 Å². The van der Waals surface area contributed by atoms with E-state index in [0.717, 1.165) is 11.3 Å². The molecule has 2 aromatic rings. The molecule has 0 bridgehead atoms. The Labute approximate surface area is 120 Å². The molecular weight excluding hydrogens is 337 g/mol. The van der Waals surface area contributed by atoms with Gasteiger partial charge in [0.2, 0.25) is 0 Å². The summed E-state index contributed by atoms with van der Waals surface area (Å²) < 4.78 is 13.3. The number of carboxylic acids is 1. The SMILES string of the molecule is O=C(Nc1ccsc1C(=O)O)c1cccc(F)c1Br. The topological polar surface area (TPSA) is 66.4 Å². The summed E-state index contributed by atoms with van der Waals surface area (Å²) in [6, 6.07) is 5.55. The van der Waals surface area contributed by atoms with Crippen LogP contribution < -0.4 is 5.32 Å². The van der Waals surface area contributed by atoms with Gasteiger partial charge < -0.3 is 10.4 Å².